The van der Waals surface area contributed by atoms with Crippen LogP contribution in [0.4, 0.5) is 10.2 Å². The first-order valence-corrected chi connectivity index (χ1v) is 9.11. The summed E-state index contributed by atoms with van der Waals surface area (Å²) >= 11 is 0. The van der Waals surface area contributed by atoms with E-state index in [2.05, 4.69) is 23.3 Å². The van der Waals surface area contributed by atoms with Crippen molar-refractivity contribution >= 4 is 11.7 Å². The molecule has 0 bridgehead atoms. The first kappa shape index (κ1) is 19.4. The van der Waals surface area contributed by atoms with Crippen LogP contribution in [0.3, 0.4) is 0 Å². The largest absolute Gasteiger partial charge is 0.457 e. The molecule has 3 aromatic rings. The van der Waals surface area contributed by atoms with E-state index in [1.165, 1.54) is 11.6 Å². The summed E-state index contributed by atoms with van der Waals surface area (Å²) in [6.07, 6.45) is 2.01. The van der Waals surface area contributed by atoms with Gasteiger partial charge in [-0.2, -0.15) is 4.39 Å². The zero-order valence-electron chi connectivity index (χ0n) is 15.6. The summed E-state index contributed by atoms with van der Waals surface area (Å²) in [6, 6.07) is 17.9. The summed E-state index contributed by atoms with van der Waals surface area (Å²) in [7, 11) is 0. The number of rotatable bonds is 7. The third-order valence-corrected chi connectivity index (χ3v) is 4.23. The van der Waals surface area contributed by atoms with Crippen LogP contribution in [0.15, 0.2) is 60.7 Å². The van der Waals surface area contributed by atoms with E-state index in [1.807, 2.05) is 42.5 Å². The number of benzene rings is 2. The molecule has 2 aromatic carbocycles. The van der Waals surface area contributed by atoms with Gasteiger partial charge in [-0.25, -0.2) is 4.98 Å². The van der Waals surface area contributed by atoms with Crippen molar-refractivity contribution in [2.45, 2.75) is 26.3 Å². The van der Waals surface area contributed by atoms with Crippen LogP contribution in [0.25, 0.3) is 0 Å². The van der Waals surface area contributed by atoms with Crippen molar-refractivity contribution in [2.75, 3.05) is 5.73 Å². The Morgan fingerprint density at radius 2 is 1.86 bits per heavy atom. The van der Waals surface area contributed by atoms with Crippen molar-refractivity contribution in [3.8, 4) is 11.5 Å². The van der Waals surface area contributed by atoms with E-state index in [0.29, 0.717) is 6.54 Å². The van der Waals surface area contributed by atoms with Gasteiger partial charge < -0.3 is 15.8 Å². The molecule has 6 heteroatoms. The van der Waals surface area contributed by atoms with Crippen LogP contribution in [0.5, 0.6) is 11.5 Å². The molecule has 1 aromatic heterocycles. The predicted molar refractivity (Wildman–Crippen MR) is 107 cm³/mol. The maximum atomic E-state index is 13.0. The number of hydrogen-bond acceptors (Lipinski definition) is 4. The molecule has 0 fully saturated rings. The fourth-order valence-corrected chi connectivity index (χ4v) is 2.80. The minimum atomic E-state index is -0.717. The molecule has 28 heavy (non-hydrogen) atoms. The highest BCUT2D eigenvalue weighted by atomic mass is 19.1. The Kier molecular flexibility index (Phi) is 6.22. The zero-order chi connectivity index (χ0) is 19.9. The number of aromatic nitrogens is 1. The second-order valence-corrected chi connectivity index (χ2v) is 6.35. The quantitative estimate of drug-likeness (QED) is 0.594. The molecule has 3 rings (SSSR count). The highest BCUT2D eigenvalue weighted by Crippen LogP contribution is 2.26. The second-order valence-electron chi connectivity index (χ2n) is 6.35. The van der Waals surface area contributed by atoms with Gasteiger partial charge in [-0.05, 0) is 47.9 Å². The van der Waals surface area contributed by atoms with Gasteiger partial charge in [0, 0.05) is 6.54 Å². The number of nitrogens with one attached hydrogen (secondary N) is 1. The van der Waals surface area contributed by atoms with Gasteiger partial charge in [-0.3, -0.25) is 4.79 Å². The molecule has 0 unspecified atom stereocenters. The lowest BCUT2D eigenvalue weighted by Gasteiger charge is -2.11. The van der Waals surface area contributed by atoms with Crippen LogP contribution in [-0.2, 0) is 13.0 Å². The number of nitrogens with zero attached hydrogens (tertiary/aromatic N) is 1. The van der Waals surface area contributed by atoms with Gasteiger partial charge in [0.25, 0.3) is 5.91 Å². The van der Waals surface area contributed by atoms with Crippen molar-refractivity contribution in [1.29, 1.82) is 0 Å². The number of anilines is 1. The van der Waals surface area contributed by atoms with Gasteiger partial charge in [-0.1, -0.05) is 43.7 Å². The number of ether oxygens (including phenoxy) is 1. The van der Waals surface area contributed by atoms with Crippen molar-refractivity contribution in [3.63, 3.8) is 0 Å². The molecule has 0 saturated heterocycles. The highest BCUT2D eigenvalue weighted by molar-refractivity contribution is 5.98. The molecule has 0 radical (unpaired) electrons. The van der Waals surface area contributed by atoms with Gasteiger partial charge in [-0.15, -0.1) is 0 Å². The van der Waals surface area contributed by atoms with Crippen molar-refractivity contribution in [2.24, 2.45) is 0 Å². The SMILES string of the molecule is CCCc1ccccc1Oc1ccc(CNC(=O)c2ccc(F)nc2N)cc1. The van der Waals surface area contributed by atoms with Crippen LogP contribution < -0.4 is 15.8 Å². The van der Waals surface area contributed by atoms with E-state index < -0.39 is 11.9 Å². The standard InChI is InChI=1S/C22H22FN3O2/c1-2-5-16-6-3-4-7-19(16)28-17-10-8-15(9-11-17)14-25-22(27)18-12-13-20(23)26-21(18)24/h3-4,6-13H,2,5,14H2,1H3,(H2,24,26)(H,25,27). The fourth-order valence-electron chi connectivity index (χ4n) is 2.80. The summed E-state index contributed by atoms with van der Waals surface area (Å²) in [4.78, 5) is 15.6. The molecule has 3 N–H and O–H groups in total. The van der Waals surface area contributed by atoms with Gasteiger partial charge in [0.05, 0.1) is 5.56 Å². The van der Waals surface area contributed by atoms with Crippen molar-refractivity contribution in [3.05, 3.63) is 83.3 Å². The molecular formula is C22H22FN3O2. The van der Waals surface area contributed by atoms with Crippen LogP contribution in [0.1, 0.15) is 34.8 Å². The van der Waals surface area contributed by atoms with E-state index in [1.54, 1.807) is 0 Å². The lowest BCUT2D eigenvalue weighted by atomic mass is 10.1. The molecule has 0 aliphatic heterocycles. The lowest BCUT2D eigenvalue weighted by molar-refractivity contribution is 0.0951. The van der Waals surface area contributed by atoms with Crippen LogP contribution in [0, 0.1) is 5.95 Å². The topological polar surface area (TPSA) is 77.2 Å². The molecule has 0 saturated carbocycles. The molecule has 0 atom stereocenters. The molecule has 1 amide bonds. The lowest BCUT2D eigenvalue weighted by Crippen LogP contribution is -2.24. The highest BCUT2D eigenvalue weighted by Gasteiger charge is 2.11. The monoisotopic (exact) mass is 379 g/mol. The Morgan fingerprint density at radius 1 is 1.11 bits per heavy atom. The second kappa shape index (κ2) is 8.99. The molecule has 0 aliphatic rings. The van der Waals surface area contributed by atoms with Crippen molar-refractivity contribution < 1.29 is 13.9 Å². The average Bonchev–Trinajstić information content (AvgIpc) is 2.69. The van der Waals surface area contributed by atoms with E-state index in [4.69, 9.17) is 10.5 Å². The average molecular weight is 379 g/mol. The maximum Gasteiger partial charge on any atom is 0.255 e. The number of carbonyl (C=O) groups is 1. The number of pyridine rings is 1. The fraction of sp³-hybridized carbons (Fsp3) is 0.182. The summed E-state index contributed by atoms with van der Waals surface area (Å²) < 4.78 is 19.0. The number of nitrogen functional groups attached to an aromatic ring is 1. The normalized spacial score (nSPS) is 10.5. The third-order valence-electron chi connectivity index (χ3n) is 4.23. The van der Waals surface area contributed by atoms with Gasteiger partial charge in [0.1, 0.15) is 17.3 Å². The number of carbonyl (C=O) groups excluding carboxylic acids is 1. The first-order chi connectivity index (χ1) is 13.6. The van der Waals surface area contributed by atoms with Crippen LogP contribution in [0.2, 0.25) is 0 Å². The van der Waals surface area contributed by atoms with Crippen LogP contribution >= 0.6 is 0 Å². The minimum Gasteiger partial charge on any atom is -0.457 e. The van der Waals surface area contributed by atoms with Crippen LogP contribution in [-0.4, -0.2) is 10.9 Å². The van der Waals surface area contributed by atoms with E-state index in [-0.39, 0.29) is 11.4 Å². The zero-order valence-corrected chi connectivity index (χ0v) is 15.6. The van der Waals surface area contributed by atoms with Gasteiger partial charge in [0.2, 0.25) is 5.95 Å². The van der Waals surface area contributed by atoms with E-state index in [9.17, 15) is 9.18 Å². The number of halogens is 1. The molecule has 0 aliphatic carbocycles. The maximum absolute atomic E-state index is 13.0. The Balaban J connectivity index is 1.61. The Hall–Kier alpha value is -3.41. The number of aryl methyl sites for hydroxylation is 1. The summed E-state index contributed by atoms with van der Waals surface area (Å²) in [6.45, 7) is 2.44. The first-order valence-electron chi connectivity index (χ1n) is 9.11. The predicted octanol–water partition coefficient (Wildman–Crippen LogP) is 4.48. The minimum absolute atomic E-state index is 0.132. The molecular weight excluding hydrogens is 357 g/mol. The Labute approximate surface area is 163 Å². The number of para-hydroxylation sites is 1. The Morgan fingerprint density at radius 3 is 2.57 bits per heavy atom. The molecule has 5 nitrogen and oxygen atoms in total. The summed E-state index contributed by atoms with van der Waals surface area (Å²) in [5.74, 6) is 0.325. The third kappa shape index (κ3) is 4.85. The summed E-state index contributed by atoms with van der Waals surface area (Å²) in [5.41, 5.74) is 7.81. The van der Waals surface area contributed by atoms with Gasteiger partial charge >= 0.3 is 0 Å². The van der Waals surface area contributed by atoms with Gasteiger partial charge in [0.15, 0.2) is 0 Å². The molecule has 144 valence electrons. The number of nitrogens with two attached hydrogens (primary N) is 1. The van der Waals surface area contributed by atoms with E-state index >= 15 is 0 Å². The van der Waals surface area contributed by atoms with Crippen molar-refractivity contribution in [1.82, 2.24) is 10.3 Å². The Bertz CT molecular complexity index is 958. The molecule has 1 heterocycles. The summed E-state index contributed by atoms with van der Waals surface area (Å²) in [5, 5.41) is 2.75. The van der Waals surface area contributed by atoms with E-state index in [0.717, 1.165) is 36.0 Å². The molecule has 0 spiro atoms. The number of amides is 1. The smallest absolute Gasteiger partial charge is 0.255 e. The number of hydrogen-bond donors (Lipinski definition) is 2.